The highest BCUT2D eigenvalue weighted by Crippen LogP contribution is 2.13. The van der Waals surface area contributed by atoms with Crippen molar-refractivity contribution in [3.8, 4) is 5.75 Å². The minimum Gasteiger partial charge on any atom is -0.494 e. The van der Waals surface area contributed by atoms with E-state index in [2.05, 4.69) is 32.9 Å². The SMILES string of the molecule is CC.CCC.CCOC(=O)CCCCCCOc1ccc(CC)cc1. The molecule has 0 fully saturated rings. The van der Waals surface area contributed by atoms with E-state index >= 15 is 0 Å². The summed E-state index contributed by atoms with van der Waals surface area (Å²) in [5.41, 5.74) is 1.33. The molecule has 0 atom stereocenters. The van der Waals surface area contributed by atoms with Crippen molar-refractivity contribution in [1.29, 1.82) is 0 Å². The van der Waals surface area contributed by atoms with Crippen LogP contribution >= 0.6 is 0 Å². The first-order chi connectivity index (χ1) is 12.2. The van der Waals surface area contributed by atoms with Crippen LogP contribution in [0.4, 0.5) is 0 Å². The number of hydrogen-bond donors (Lipinski definition) is 0. The van der Waals surface area contributed by atoms with Gasteiger partial charge in [-0.2, -0.15) is 0 Å². The molecular weight excluding hydrogens is 312 g/mol. The average molecular weight is 353 g/mol. The molecule has 3 nitrogen and oxygen atoms in total. The number of carbonyl (C=O) groups is 1. The molecule has 0 N–H and O–H groups in total. The van der Waals surface area contributed by atoms with Gasteiger partial charge in [-0.25, -0.2) is 0 Å². The van der Waals surface area contributed by atoms with E-state index in [1.54, 1.807) is 0 Å². The van der Waals surface area contributed by atoms with E-state index in [4.69, 9.17) is 9.47 Å². The largest absolute Gasteiger partial charge is 0.494 e. The number of aryl methyl sites for hydroxylation is 1. The number of ether oxygens (including phenoxy) is 2. The zero-order chi connectivity index (χ0) is 19.3. The Bertz CT molecular complexity index is 385. The monoisotopic (exact) mass is 352 g/mol. The van der Waals surface area contributed by atoms with Crippen molar-refractivity contribution in [1.82, 2.24) is 0 Å². The Labute approximate surface area is 156 Å². The van der Waals surface area contributed by atoms with Gasteiger partial charge in [-0.05, 0) is 43.9 Å². The highest BCUT2D eigenvalue weighted by molar-refractivity contribution is 5.69. The average Bonchev–Trinajstić information content (AvgIpc) is 2.64. The molecule has 0 aliphatic heterocycles. The summed E-state index contributed by atoms with van der Waals surface area (Å²) in [6, 6.07) is 8.27. The number of hydrogen-bond acceptors (Lipinski definition) is 3. The second-order valence-corrected chi connectivity index (χ2v) is 5.52. The van der Waals surface area contributed by atoms with E-state index in [0.717, 1.165) is 44.5 Å². The third-order valence-corrected chi connectivity index (χ3v) is 3.18. The molecule has 1 aromatic rings. The molecule has 0 heterocycles. The Hall–Kier alpha value is -1.51. The van der Waals surface area contributed by atoms with Gasteiger partial charge in [-0.3, -0.25) is 4.79 Å². The summed E-state index contributed by atoms with van der Waals surface area (Å²) in [6.07, 6.45) is 6.92. The Morgan fingerprint density at radius 2 is 1.44 bits per heavy atom. The Morgan fingerprint density at radius 1 is 0.880 bits per heavy atom. The summed E-state index contributed by atoms with van der Waals surface area (Å²) in [5.74, 6) is 0.855. The Kier molecular flexibility index (Phi) is 21.1. The molecule has 0 aliphatic carbocycles. The maximum atomic E-state index is 11.1. The lowest BCUT2D eigenvalue weighted by molar-refractivity contribution is -0.143. The molecule has 0 unspecified atom stereocenters. The van der Waals surface area contributed by atoms with Crippen LogP contribution in [0.5, 0.6) is 5.75 Å². The number of benzene rings is 1. The molecular formula is C22H40O3. The maximum absolute atomic E-state index is 11.1. The lowest BCUT2D eigenvalue weighted by atomic mass is 10.1. The molecule has 25 heavy (non-hydrogen) atoms. The van der Waals surface area contributed by atoms with E-state index in [1.165, 1.54) is 12.0 Å². The number of carbonyl (C=O) groups excluding carboxylic acids is 1. The highest BCUT2D eigenvalue weighted by Gasteiger charge is 2.00. The van der Waals surface area contributed by atoms with Crippen LogP contribution in [0.15, 0.2) is 24.3 Å². The summed E-state index contributed by atoms with van der Waals surface area (Å²) < 4.78 is 10.6. The minimum atomic E-state index is -0.0836. The first-order valence-corrected chi connectivity index (χ1v) is 10.0. The molecule has 0 saturated heterocycles. The molecule has 0 bridgehead atoms. The van der Waals surface area contributed by atoms with Crippen molar-refractivity contribution in [3.63, 3.8) is 0 Å². The summed E-state index contributed by atoms with van der Waals surface area (Å²) in [4.78, 5) is 11.1. The van der Waals surface area contributed by atoms with Gasteiger partial charge in [0.2, 0.25) is 0 Å². The maximum Gasteiger partial charge on any atom is 0.305 e. The standard InChI is InChI=1S/C17H26O3.C3H8.C2H6/c1-3-15-10-12-16(13-11-15)20-14-8-6-5-7-9-17(18)19-4-2;1-3-2;1-2/h10-13H,3-9,14H2,1-2H3;3H2,1-2H3;1-2H3. The quantitative estimate of drug-likeness (QED) is 0.352. The van der Waals surface area contributed by atoms with Crippen molar-refractivity contribution in [3.05, 3.63) is 29.8 Å². The molecule has 0 radical (unpaired) electrons. The molecule has 0 saturated carbocycles. The zero-order valence-electron chi connectivity index (χ0n) is 17.4. The van der Waals surface area contributed by atoms with Gasteiger partial charge in [0.05, 0.1) is 13.2 Å². The first kappa shape index (κ1) is 25.7. The minimum absolute atomic E-state index is 0.0836. The summed E-state index contributed by atoms with van der Waals surface area (Å²) >= 11 is 0. The second-order valence-electron chi connectivity index (χ2n) is 5.52. The van der Waals surface area contributed by atoms with E-state index in [9.17, 15) is 4.79 Å². The van der Waals surface area contributed by atoms with Crippen LogP contribution in [0.1, 0.15) is 85.6 Å². The summed E-state index contributed by atoms with van der Waals surface area (Å²) in [6.45, 7) is 13.4. The third kappa shape index (κ3) is 17.1. The Morgan fingerprint density at radius 3 is 1.96 bits per heavy atom. The van der Waals surface area contributed by atoms with Crippen LogP contribution in [-0.2, 0) is 16.0 Å². The number of unbranched alkanes of at least 4 members (excludes halogenated alkanes) is 3. The summed E-state index contributed by atoms with van der Waals surface area (Å²) in [5, 5.41) is 0. The lowest BCUT2D eigenvalue weighted by Crippen LogP contribution is -2.03. The molecule has 0 aliphatic rings. The first-order valence-electron chi connectivity index (χ1n) is 10.0. The smallest absolute Gasteiger partial charge is 0.305 e. The van der Waals surface area contributed by atoms with Gasteiger partial charge < -0.3 is 9.47 Å². The molecule has 0 amide bonds. The van der Waals surface area contributed by atoms with Crippen LogP contribution < -0.4 is 4.74 Å². The zero-order valence-corrected chi connectivity index (χ0v) is 17.4. The molecule has 0 spiro atoms. The van der Waals surface area contributed by atoms with E-state index < -0.39 is 0 Å². The number of esters is 1. The predicted octanol–water partition coefficient (Wildman–Crippen LogP) is 6.58. The van der Waals surface area contributed by atoms with Gasteiger partial charge in [-0.1, -0.05) is 66.0 Å². The van der Waals surface area contributed by atoms with Crippen molar-refractivity contribution in [2.75, 3.05) is 13.2 Å². The Balaban J connectivity index is 0. The molecule has 1 rings (SSSR count). The van der Waals surface area contributed by atoms with Crippen LogP contribution in [-0.4, -0.2) is 19.2 Å². The predicted molar refractivity (Wildman–Crippen MR) is 108 cm³/mol. The molecule has 3 heteroatoms. The van der Waals surface area contributed by atoms with E-state index in [1.807, 2.05) is 32.9 Å². The fourth-order valence-electron chi connectivity index (χ4n) is 1.97. The van der Waals surface area contributed by atoms with Crippen LogP contribution in [0, 0.1) is 0 Å². The van der Waals surface area contributed by atoms with Gasteiger partial charge in [-0.15, -0.1) is 0 Å². The lowest BCUT2D eigenvalue weighted by Gasteiger charge is -2.06. The van der Waals surface area contributed by atoms with Crippen LogP contribution in [0.25, 0.3) is 0 Å². The highest BCUT2D eigenvalue weighted by atomic mass is 16.5. The fourth-order valence-corrected chi connectivity index (χ4v) is 1.97. The molecule has 1 aromatic carbocycles. The van der Waals surface area contributed by atoms with E-state index in [-0.39, 0.29) is 5.97 Å². The third-order valence-electron chi connectivity index (χ3n) is 3.18. The second kappa shape index (κ2) is 20.5. The van der Waals surface area contributed by atoms with E-state index in [0.29, 0.717) is 13.0 Å². The normalized spacial score (nSPS) is 9.20. The molecule has 146 valence electrons. The van der Waals surface area contributed by atoms with Crippen LogP contribution in [0.3, 0.4) is 0 Å². The van der Waals surface area contributed by atoms with Crippen molar-refractivity contribution < 1.29 is 14.3 Å². The van der Waals surface area contributed by atoms with Gasteiger partial charge >= 0.3 is 5.97 Å². The number of rotatable bonds is 10. The van der Waals surface area contributed by atoms with Crippen molar-refractivity contribution in [2.24, 2.45) is 0 Å². The van der Waals surface area contributed by atoms with Crippen molar-refractivity contribution in [2.45, 2.75) is 86.5 Å². The van der Waals surface area contributed by atoms with Crippen molar-refractivity contribution >= 4 is 5.97 Å². The fraction of sp³-hybridized carbons (Fsp3) is 0.682. The van der Waals surface area contributed by atoms with Crippen LogP contribution in [0.2, 0.25) is 0 Å². The van der Waals surface area contributed by atoms with Gasteiger partial charge in [0.25, 0.3) is 0 Å². The molecule has 0 aromatic heterocycles. The summed E-state index contributed by atoms with van der Waals surface area (Å²) in [7, 11) is 0. The topological polar surface area (TPSA) is 35.5 Å². The van der Waals surface area contributed by atoms with Gasteiger partial charge in [0.15, 0.2) is 0 Å². The van der Waals surface area contributed by atoms with Gasteiger partial charge in [0, 0.05) is 6.42 Å². The van der Waals surface area contributed by atoms with Gasteiger partial charge in [0.1, 0.15) is 5.75 Å².